The monoisotopic (exact) mass is 468 g/mol. The Balaban J connectivity index is 1.68. The maximum absolute atomic E-state index is 13.2. The van der Waals surface area contributed by atoms with E-state index in [4.69, 9.17) is 16.3 Å². The first-order valence-corrected chi connectivity index (χ1v) is 11.5. The van der Waals surface area contributed by atoms with E-state index in [1.165, 1.54) is 0 Å². The molecule has 3 rings (SSSR count). The largest absolute Gasteiger partial charge is 0.456 e. The van der Waals surface area contributed by atoms with E-state index in [0.717, 1.165) is 11.1 Å². The van der Waals surface area contributed by atoms with Gasteiger partial charge in [0.05, 0.1) is 12.5 Å². The van der Waals surface area contributed by atoms with Gasteiger partial charge < -0.3 is 15.0 Å². The number of nitrogens with one attached hydrogen (secondary N) is 1. The van der Waals surface area contributed by atoms with Gasteiger partial charge in [-0.05, 0) is 36.1 Å². The van der Waals surface area contributed by atoms with Crippen molar-refractivity contribution < 1.29 is 19.1 Å². The van der Waals surface area contributed by atoms with Gasteiger partial charge in [-0.3, -0.25) is 14.4 Å². The summed E-state index contributed by atoms with van der Waals surface area (Å²) >= 11 is 5.90. The van der Waals surface area contributed by atoms with Crippen LogP contribution in [0.5, 0.6) is 0 Å². The first kappa shape index (κ1) is 24.5. The Bertz CT molecular complexity index is 976. The molecule has 1 aliphatic heterocycles. The van der Waals surface area contributed by atoms with E-state index < -0.39 is 12.0 Å². The molecule has 7 heteroatoms. The molecule has 0 spiro atoms. The van der Waals surface area contributed by atoms with E-state index in [1.54, 1.807) is 24.1 Å². The Morgan fingerprint density at radius 1 is 1.09 bits per heavy atom. The summed E-state index contributed by atoms with van der Waals surface area (Å²) in [5, 5.41) is 3.52. The van der Waals surface area contributed by atoms with Crippen molar-refractivity contribution in [3.05, 3.63) is 82.9 Å². The number of carbonyl (C=O) groups is 3. The fourth-order valence-electron chi connectivity index (χ4n) is 3.70. The van der Waals surface area contributed by atoms with Crippen molar-refractivity contribution in [1.82, 2.24) is 10.2 Å². The van der Waals surface area contributed by atoms with Crippen LogP contribution >= 0.6 is 11.6 Å². The third-order valence-corrected chi connectivity index (χ3v) is 5.80. The maximum Gasteiger partial charge on any atom is 0.306 e. The van der Waals surface area contributed by atoms with Gasteiger partial charge in [-0.15, -0.1) is 0 Å². The van der Waals surface area contributed by atoms with Gasteiger partial charge >= 0.3 is 5.97 Å². The average molecular weight is 469 g/mol. The standard InChI is InChI=1S/C26H29ClN2O4/c1-29-18-23(20-8-4-2-5-9-20)33-25(31)11-7-3-6-10-21(26(29)32)16-24(30)28-17-19-12-14-22(27)15-13-19/h2-6,8-9,12-15,21,23H,7,10-11,16-18H2,1H3,(H,28,30)/t21-,23?/m0/s1. The number of amides is 2. The Morgan fingerprint density at radius 3 is 2.55 bits per heavy atom. The van der Waals surface area contributed by atoms with Crippen LogP contribution in [0.3, 0.4) is 0 Å². The van der Waals surface area contributed by atoms with Crippen LogP contribution in [0, 0.1) is 5.92 Å². The SMILES string of the molecule is CN1CC(c2ccccc2)OC(=O)CCC=CC[C@@H](CC(=O)NCc2ccc(Cl)cc2)C1=O. The van der Waals surface area contributed by atoms with E-state index in [0.29, 0.717) is 24.4 Å². The van der Waals surface area contributed by atoms with Crippen molar-refractivity contribution >= 4 is 29.4 Å². The van der Waals surface area contributed by atoms with Gasteiger partial charge in [0.1, 0.15) is 6.10 Å². The second-order valence-electron chi connectivity index (χ2n) is 8.16. The number of esters is 1. The third-order valence-electron chi connectivity index (χ3n) is 5.55. The number of rotatable bonds is 5. The number of nitrogens with zero attached hydrogens (tertiary/aromatic N) is 1. The lowest BCUT2D eigenvalue weighted by atomic mass is 9.97. The number of likely N-dealkylation sites (N-methyl/N-ethyl adjacent to an activating group) is 1. The van der Waals surface area contributed by atoms with Crippen LogP contribution in [0.1, 0.15) is 42.9 Å². The molecule has 33 heavy (non-hydrogen) atoms. The maximum atomic E-state index is 13.2. The fourth-order valence-corrected chi connectivity index (χ4v) is 3.82. The quantitative estimate of drug-likeness (QED) is 0.519. The van der Waals surface area contributed by atoms with Crippen molar-refractivity contribution in [2.24, 2.45) is 5.92 Å². The van der Waals surface area contributed by atoms with Gasteiger partial charge in [0.2, 0.25) is 11.8 Å². The first-order valence-electron chi connectivity index (χ1n) is 11.1. The van der Waals surface area contributed by atoms with Crippen molar-refractivity contribution in [1.29, 1.82) is 0 Å². The molecule has 0 aromatic heterocycles. The Morgan fingerprint density at radius 2 is 1.82 bits per heavy atom. The van der Waals surface area contributed by atoms with E-state index in [-0.39, 0.29) is 37.2 Å². The highest BCUT2D eigenvalue weighted by Crippen LogP contribution is 2.23. The summed E-state index contributed by atoms with van der Waals surface area (Å²) in [6.07, 6.45) is 4.48. The van der Waals surface area contributed by atoms with Crippen molar-refractivity contribution in [3.8, 4) is 0 Å². The van der Waals surface area contributed by atoms with Crippen LogP contribution in [-0.4, -0.2) is 36.3 Å². The molecule has 2 aromatic rings. The van der Waals surface area contributed by atoms with Gasteiger partial charge in [-0.2, -0.15) is 0 Å². The molecular weight excluding hydrogens is 440 g/mol. The van der Waals surface area contributed by atoms with Crippen LogP contribution in [0.4, 0.5) is 0 Å². The second kappa shape index (κ2) is 12.2. The van der Waals surface area contributed by atoms with E-state index in [1.807, 2.05) is 54.6 Å². The molecule has 1 N–H and O–H groups in total. The first-order chi connectivity index (χ1) is 15.9. The lowest BCUT2D eigenvalue weighted by Gasteiger charge is -2.28. The molecule has 0 aliphatic carbocycles. The average Bonchev–Trinajstić information content (AvgIpc) is 2.81. The summed E-state index contributed by atoms with van der Waals surface area (Å²) in [5.41, 5.74) is 1.76. The summed E-state index contributed by atoms with van der Waals surface area (Å²) < 4.78 is 5.68. The number of allylic oxidation sites excluding steroid dienone is 2. The normalized spacial score (nSPS) is 19.9. The minimum Gasteiger partial charge on any atom is -0.456 e. The lowest BCUT2D eigenvalue weighted by Crippen LogP contribution is -2.39. The molecule has 1 heterocycles. The minimum atomic E-state index is -0.560. The van der Waals surface area contributed by atoms with E-state index in [2.05, 4.69) is 5.32 Å². The number of carbonyl (C=O) groups excluding carboxylic acids is 3. The summed E-state index contributed by atoms with van der Waals surface area (Å²) in [6, 6.07) is 16.6. The summed E-state index contributed by atoms with van der Waals surface area (Å²) in [5.74, 6) is -1.14. The van der Waals surface area contributed by atoms with Crippen molar-refractivity contribution in [3.63, 3.8) is 0 Å². The van der Waals surface area contributed by atoms with Crippen LogP contribution in [0.25, 0.3) is 0 Å². The van der Waals surface area contributed by atoms with Gasteiger partial charge in [0.25, 0.3) is 0 Å². The molecule has 1 aliphatic rings. The predicted octanol–water partition coefficient (Wildman–Crippen LogP) is 4.45. The van der Waals surface area contributed by atoms with E-state index >= 15 is 0 Å². The minimum absolute atomic E-state index is 0.0803. The Kier molecular flexibility index (Phi) is 9.07. The third kappa shape index (κ3) is 7.75. The number of hydrogen-bond donors (Lipinski definition) is 1. The van der Waals surface area contributed by atoms with E-state index in [9.17, 15) is 14.4 Å². The molecule has 6 nitrogen and oxygen atoms in total. The highest BCUT2D eigenvalue weighted by Gasteiger charge is 2.27. The van der Waals surface area contributed by atoms with Crippen LogP contribution in [-0.2, 0) is 25.7 Å². The summed E-state index contributed by atoms with van der Waals surface area (Å²) in [7, 11) is 1.68. The molecule has 174 valence electrons. The molecule has 0 fully saturated rings. The van der Waals surface area contributed by atoms with Crippen LogP contribution in [0.2, 0.25) is 5.02 Å². The Hall–Kier alpha value is -3.12. The molecule has 2 atom stereocenters. The lowest BCUT2D eigenvalue weighted by molar-refractivity contribution is -0.152. The number of halogens is 1. The zero-order valence-corrected chi connectivity index (χ0v) is 19.5. The number of cyclic esters (lactones) is 1. The number of hydrogen-bond acceptors (Lipinski definition) is 4. The molecule has 2 aromatic carbocycles. The molecule has 2 amide bonds. The number of benzene rings is 2. The molecule has 0 radical (unpaired) electrons. The van der Waals surface area contributed by atoms with Gasteiger partial charge in [-0.1, -0.05) is 66.2 Å². The highest BCUT2D eigenvalue weighted by molar-refractivity contribution is 6.30. The fraction of sp³-hybridized carbons (Fsp3) is 0.346. The Labute approximate surface area is 199 Å². The van der Waals surface area contributed by atoms with Gasteiger partial charge in [0, 0.05) is 31.5 Å². The topological polar surface area (TPSA) is 75.7 Å². The molecule has 0 bridgehead atoms. The molecule has 1 unspecified atom stereocenters. The molecular formula is C26H29ClN2O4. The van der Waals surface area contributed by atoms with Crippen molar-refractivity contribution in [2.45, 2.75) is 38.3 Å². The summed E-state index contributed by atoms with van der Waals surface area (Å²) in [4.78, 5) is 39.7. The van der Waals surface area contributed by atoms with Gasteiger partial charge in [-0.25, -0.2) is 0 Å². The predicted molar refractivity (Wildman–Crippen MR) is 127 cm³/mol. The second-order valence-corrected chi connectivity index (χ2v) is 8.59. The summed E-state index contributed by atoms with van der Waals surface area (Å²) in [6.45, 7) is 0.593. The molecule has 0 saturated carbocycles. The smallest absolute Gasteiger partial charge is 0.306 e. The molecule has 0 saturated heterocycles. The highest BCUT2D eigenvalue weighted by atomic mass is 35.5. The number of ether oxygens (including phenoxy) is 1. The zero-order chi connectivity index (χ0) is 23.6. The zero-order valence-electron chi connectivity index (χ0n) is 18.7. The van der Waals surface area contributed by atoms with Crippen LogP contribution < -0.4 is 5.32 Å². The van der Waals surface area contributed by atoms with Crippen LogP contribution in [0.15, 0.2) is 66.7 Å². The van der Waals surface area contributed by atoms with Gasteiger partial charge in [0.15, 0.2) is 0 Å². The van der Waals surface area contributed by atoms with Crippen molar-refractivity contribution in [2.75, 3.05) is 13.6 Å².